The molecule has 0 atom stereocenters. The van der Waals surface area contributed by atoms with E-state index in [1.807, 2.05) is 28.8 Å². The number of likely N-dealkylation sites (tertiary alicyclic amines) is 1. The van der Waals surface area contributed by atoms with E-state index in [1.165, 1.54) is 0 Å². The Kier molecular flexibility index (Phi) is 4.53. The molecule has 2 aromatic rings. The molecule has 0 radical (unpaired) electrons. The number of fused-ring (bicyclic) bond motifs is 1. The summed E-state index contributed by atoms with van der Waals surface area (Å²) in [7, 11) is 0. The van der Waals surface area contributed by atoms with Crippen molar-refractivity contribution in [3.05, 3.63) is 42.0 Å². The van der Waals surface area contributed by atoms with Gasteiger partial charge in [0.2, 0.25) is 0 Å². The van der Waals surface area contributed by atoms with E-state index >= 15 is 0 Å². The third-order valence-electron chi connectivity index (χ3n) is 4.62. The summed E-state index contributed by atoms with van der Waals surface area (Å²) in [5.41, 5.74) is 1.79. The number of nitrogens with zero attached hydrogens (tertiary/aromatic N) is 4. The highest BCUT2D eigenvalue weighted by atomic mass is 32.2. The maximum absolute atomic E-state index is 12.4. The number of amides is 1. The van der Waals surface area contributed by atoms with Crippen molar-refractivity contribution in [3.8, 4) is 0 Å². The summed E-state index contributed by atoms with van der Waals surface area (Å²) in [6.45, 7) is 3.46. The van der Waals surface area contributed by atoms with Crippen molar-refractivity contribution in [2.24, 2.45) is 0 Å². The molecule has 2 aliphatic rings. The fourth-order valence-electron chi connectivity index (χ4n) is 3.25. The van der Waals surface area contributed by atoms with Crippen molar-refractivity contribution in [3.63, 3.8) is 0 Å². The molecule has 6 nitrogen and oxygen atoms in total. The fraction of sp³-hybridized carbons (Fsp3) is 0.471. The molecule has 1 N–H and O–H groups in total. The summed E-state index contributed by atoms with van der Waals surface area (Å²) in [6.07, 6.45) is 7.45. The van der Waals surface area contributed by atoms with Gasteiger partial charge in [-0.3, -0.25) is 9.78 Å². The molecule has 0 aromatic carbocycles. The van der Waals surface area contributed by atoms with Crippen LogP contribution >= 0.6 is 11.8 Å². The number of piperidine rings is 1. The first-order chi connectivity index (χ1) is 11.8. The lowest BCUT2D eigenvalue weighted by molar-refractivity contribution is 0.0704. The number of hydrogen-bond donors (Lipinski definition) is 1. The maximum atomic E-state index is 12.4. The average molecular weight is 343 g/mol. The second-order valence-electron chi connectivity index (χ2n) is 6.25. The van der Waals surface area contributed by atoms with E-state index in [0.29, 0.717) is 11.6 Å². The molecule has 0 aliphatic carbocycles. The van der Waals surface area contributed by atoms with Crippen LogP contribution in [0.4, 0.5) is 0 Å². The van der Waals surface area contributed by atoms with Crippen LogP contribution in [0.3, 0.4) is 0 Å². The van der Waals surface area contributed by atoms with Crippen molar-refractivity contribution in [2.45, 2.75) is 37.1 Å². The lowest BCUT2D eigenvalue weighted by Crippen LogP contribution is -2.44. The molecule has 4 heterocycles. The molecule has 0 unspecified atom stereocenters. The Balaban J connectivity index is 1.26. The molecule has 7 heteroatoms. The molecule has 0 bridgehead atoms. The Morgan fingerprint density at radius 2 is 2.21 bits per heavy atom. The Hall–Kier alpha value is -1.86. The lowest BCUT2D eigenvalue weighted by Gasteiger charge is -2.32. The first kappa shape index (κ1) is 15.7. The Labute approximate surface area is 145 Å². The van der Waals surface area contributed by atoms with Gasteiger partial charge in [-0.25, -0.2) is 4.98 Å². The highest BCUT2D eigenvalue weighted by molar-refractivity contribution is 7.99. The summed E-state index contributed by atoms with van der Waals surface area (Å²) >= 11 is 1.83. The van der Waals surface area contributed by atoms with Gasteiger partial charge in [-0.15, -0.1) is 0 Å². The van der Waals surface area contributed by atoms with E-state index < -0.39 is 0 Å². The summed E-state index contributed by atoms with van der Waals surface area (Å²) in [5.74, 6) is 1.23. The van der Waals surface area contributed by atoms with Crippen LogP contribution in [0.25, 0.3) is 0 Å². The van der Waals surface area contributed by atoms with E-state index in [-0.39, 0.29) is 5.91 Å². The van der Waals surface area contributed by atoms with Crippen LogP contribution < -0.4 is 5.32 Å². The van der Waals surface area contributed by atoms with Crippen LogP contribution in [-0.4, -0.2) is 50.2 Å². The number of carbonyl (C=O) groups excluding carboxylic acids is 1. The molecule has 24 heavy (non-hydrogen) atoms. The van der Waals surface area contributed by atoms with Crippen LogP contribution in [0, 0.1) is 0 Å². The summed E-state index contributed by atoms with van der Waals surface area (Å²) < 4.78 is 2.23. The summed E-state index contributed by atoms with van der Waals surface area (Å²) in [5, 5.41) is 4.73. The number of nitrogens with one attached hydrogen (secondary N) is 1. The quantitative estimate of drug-likeness (QED) is 0.917. The zero-order valence-electron chi connectivity index (χ0n) is 13.5. The van der Waals surface area contributed by atoms with E-state index in [2.05, 4.69) is 26.0 Å². The molecule has 2 aromatic heterocycles. The second-order valence-corrected chi connectivity index (χ2v) is 7.31. The first-order valence-electron chi connectivity index (χ1n) is 8.41. The standard InChI is InChI=1S/C17H21N5OS/c23-16(13-2-1-5-18-10-13)21-6-3-14(4-7-21)19-11-15-12-22-8-9-24-17(22)20-15/h1-2,5,10,12,14,19H,3-4,6-9,11H2. The van der Waals surface area contributed by atoms with Crippen molar-refractivity contribution in [2.75, 3.05) is 18.8 Å². The molecule has 2 aliphatic heterocycles. The van der Waals surface area contributed by atoms with Gasteiger partial charge in [-0.05, 0) is 25.0 Å². The summed E-state index contributed by atoms with van der Waals surface area (Å²) in [4.78, 5) is 23.0. The predicted molar refractivity (Wildman–Crippen MR) is 93.0 cm³/mol. The number of carbonyl (C=O) groups is 1. The Morgan fingerprint density at radius 3 is 2.96 bits per heavy atom. The van der Waals surface area contributed by atoms with Gasteiger partial charge in [0, 0.05) is 56.6 Å². The molecular formula is C17H21N5OS. The van der Waals surface area contributed by atoms with E-state index in [9.17, 15) is 4.79 Å². The van der Waals surface area contributed by atoms with Crippen LogP contribution in [-0.2, 0) is 13.1 Å². The van der Waals surface area contributed by atoms with Crippen molar-refractivity contribution < 1.29 is 4.79 Å². The Bertz CT molecular complexity index is 688. The highest BCUT2D eigenvalue weighted by Gasteiger charge is 2.24. The Morgan fingerprint density at radius 1 is 1.33 bits per heavy atom. The number of imidazole rings is 1. The number of aromatic nitrogens is 3. The van der Waals surface area contributed by atoms with Crippen LogP contribution in [0.1, 0.15) is 28.9 Å². The van der Waals surface area contributed by atoms with Gasteiger partial charge in [-0.1, -0.05) is 11.8 Å². The summed E-state index contributed by atoms with van der Waals surface area (Å²) in [6, 6.07) is 4.09. The van der Waals surface area contributed by atoms with Gasteiger partial charge in [-0.2, -0.15) is 0 Å². The smallest absolute Gasteiger partial charge is 0.255 e. The van der Waals surface area contributed by atoms with E-state index in [0.717, 1.165) is 55.6 Å². The highest BCUT2D eigenvalue weighted by Crippen LogP contribution is 2.24. The average Bonchev–Trinajstić information content (AvgIpc) is 3.22. The van der Waals surface area contributed by atoms with E-state index in [4.69, 9.17) is 0 Å². The van der Waals surface area contributed by atoms with Gasteiger partial charge < -0.3 is 14.8 Å². The molecular weight excluding hydrogens is 322 g/mol. The molecule has 0 saturated carbocycles. The SMILES string of the molecule is O=C(c1cccnc1)N1CCC(NCc2cn3c(n2)SCC3)CC1. The molecule has 1 saturated heterocycles. The van der Waals surface area contributed by atoms with Crippen LogP contribution in [0.2, 0.25) is 0 Å². The van der Waals surface area contributed by atoms with E-state index in [1.54, 1.807) is 12.4 Å². The van der Waals surface area contributed by atoms with Crippen molar-refractivity contribution in [1.29, 1.82) is 0 Å². The molecule has 0 spiro atoms. The van der Waals surface area contributed by atoms with Gasteiger partial charge >= 0.3 is 0 Å². The van der Waals surface area contributed by atoms with Crippen molar-refractivity contribution in [1.82, 2.24) is 24.8 Å². The van der Waals surface area contributed by atoms with Gasteiger partial charge in [0.1, 0.15) is 0 Å². The second kappa shape index (κ2) is 6.94. The third-order valence-corrected chi connectivity index (χ3v) is 5.59. The lowest BCUT2D eigenvalue weighted by atomic mass is 10.0. The minimum absolute atomic E-state index is 0.0871. The molecule has 4 rings (SSSR count). The van der Waals surface area contributed by atoms with Gasteiger partial charge in [0.15, 0.2) is 5.16 Å². The minimum Gasteiger partial charge on any atom is -0.338 e. The largest absolute Gasteiger partial charge is 0.338 e. The predicted octanol–water partition coefficient (Wildman–Crippen LogP) is 1.78. The molecule has 1 amide bonds. The monoisotopic (exact) mass is 343 g/mol. The van der Waals surface area contributed by atoms with Gasteiger partial charge in [0.05, 0.1) is 11.3 Å². The van der Waals surface area contributed by atoms with Gasteiger partial charge in [0.25, 0.3) is 5.91 Å². The number of aryl methyl sites for hydroxylation is 1. The number of rotatable bonds is 4. The minimum atomic E-state index is 0.0871. The molecule has 1 fully saturated rings. The molecule has 126 valence electrons. The van der Waals surface area contributed by atoms with Crippen LogP contribution in [0.5, 0.6) is 0 Å². The topological polar surface area (TPSA) is 63.1 Å². The zero-order chi connectivity index (χ0) is 16.4. The first-order valence-corrected chi connectivity index (χ1v) is 9.40. The third kappa shape index (κ3) is 3.32. The number of thioether (sulfide) groups is 1. The number of pyridine rings is 1. The van der Waals surface area contributed by atoms with Crippen molar-refractivity contribution >= 4 is 17.7 Å². The van der Waals surface area contributed by atoms with Crippen LogP contribution in [0.15, 0.2) is 35.9 Å². The number of hydrogen-bond acceptors (Lipinski definition) is 5. The fourth-order valence-corrected chi connectivity index (χ4v) is 4.22. The normalized spacial score (nSPS) is 17.9. The maximum Gasteiger partial charge on any atom is 0.255 e. The zero-order valence-corrected chi connectivity index (χ0v) is 14.3.